The van der Waals surface area contributed by atoms with E-state index < -0.39 is 17.9 Å². The third-order valence-electron chi connectivity index (χ3n) is 4.37. The van der Waals surface area contributed by atoms with Gasteiger partial charge in [0.2, 0.25) is 5.91 Å². The molecule has 30 heavy (non-hydrogen) atoms. The zero-order chi connectivity index (χ0) is 21.7. The Morgan fingerprint density at radius 2 is 1.50 bits per heavy atom. The van der Waals surface area contributed by atoms with Crippen LogP contribution in [0.5, 0.6) is 0 Å². The van der Waals surface area contributed by atoms with Gasteiger partial charge < -0.3 is 10.6 Å². The van der Waals surface area contributed by atoms with Gasteiger partial charge in [0.05, 0.1) is 15.6 Å². The normalized spacial score (nSPS) is 11.4. The molecule has 2 N–H and O–H groups in total. The van der Waals surface area contributed by atoms with Crippen molar-refractivity contribution in [1.82, 2.24) is 5.32 Å². The molecule has 0 aromatic heterocycles. The molecular formula is C23H18Cl2N2O3. The fourth-order valence-electron chi connectivity index (χ4n) is 2.76. The van der Waals surface area contributed by atoms with Crippen LogP contribution in [-0.2, 0) is 4.79 Å². The van der Waals surface area contributed by atoms with E-state index in [1.807, 2.05) is 6.07 Å². The first-order chi connectivity index (χ1) is 14.4. The quantitative estimate of drug-likeness (QED) is 0.530. The van der Waals surface area contributed by atoms with Crippen molar-refractivity contribution in [2.45, 2.75) is 13.0 Å². The van der Waals surface area contributed by atoms with Crippen LogP contribution in [0.15, 0.2) is 72.8 Å². The molecule has 7 heteroatoms. The molecule has 0 fully saturated rings. The first-order valence-electron chi connectivity index (χ1n) is 9.12. The Kier molecular flexibility index (Phi) is 6.87. The number of amides is 2. The maximum Gasteiger partial charge on any atom is 0.253 e. The Bertz CT molecular complexity index is 1100. The van der Waals surface area contributed by atoms with E-state index in [1.54, 1.807) is 67.6 Å². The van der Waals surface area contributed by atoms with Crippen LogP contribution in [0.2, 0.25) is 10.0 Å². The number of carbonyl (C=O) groups excluding carboxylic acids is 3. The average molecular weight is 441 g/mol. The molecule has 1 unspecified atom stereocenters. The molecule has 3 aromatic carbocycles. The van der Waals surface area contributed by atoms with Gasteiger partial charge in [-0.2, -0.15) is 0 Å². The molecule has 0 aliphatic carbocycles. The maximum atomic E-state index is 12.6. The number of carbonyl (C=O) groups is 3. The van der Waals surface area contributed by atoms with Gasteiger partial charge in [0, 0.05) is 16.8 Å². The predicted octanol–water partition coefficient (Wildman–Crippen LogP) is 4.98. The summed E-state index contributed by atoms with van der Waals surface area (Å²) >= 11 is 12.0. The van der Waals surface area contributed by atoms with Crippen LogP contribution in [0.25, 0.3) is 0 Å². The monoisotopic (exact) mass is 440 g/mol. The molecule has 3 aromatic rings. The van der Waals surface area contributed by atoms with Gasteiger partial charge in [0.1, 0.15) is 6.04 Å². The van der Waals surface area contributed by atoms with Crippen molar-refractivity contribution >= 4 is 46.5 Å². The van der Waals surface area contributed by atoms with Crippen molar-refractivity contribution in [2.75, 3.05) is 5.32 Å². The number of hydrogen-bond donors (Lipinski definition) is 2. The highest BCUT2D eigenvalue weighted by Crippen LogP contribution is 2.25. The average Bonchev–Trinajstić information content (AvgIpc) is 2.75. The van der Waals surface area contributed by atoms with Crippen molar-refractivity contribution in [3.63, 3.8) is 0 Å². The van der Waals surface area contributed by atoms with E-state index in [4.69, 9.17) is 23.2 Å². The standard InChI is InChI=1S/C23H18Cl2N2O3/c1-14(26-23(30)18-11-6-12-19(24)20(18)25)22(29)27-17-10-5-9-16(13-17)21(28)15-7-3-2-4-8-15/h2-14H,1H3,(H,26,30)(H,27,29). The van der Waals surface area contributed by atoms with Gasteiger partial charge in [-0.05, 0) is 31.2 Å². The van der Waals surface area contributed by atoms with Crippen LogP contribution in [-0.4, -0.2) is 23.6 Å². The summed E-state index contributed by atoms with van der Waals surface area (Å²) in [5.41, 5.74) is 1.63. The minimum atomic E-state index is -0.846. The molecule has 3 rings (SSSR count). The summed E-state index contributed by atoms with van der Waals surface area (Å²) in [5.74, 6) is -1.10. The Balaban J connectivity index is 1.67. The van der Waals surface area contributed by atoms with Crippen molar-refractivity contribution in [1.29, 1.82) is 0 Å². The SMILES string of the molecule is CC(NC(=O)c1cccc(Cl)c1Cl)C(=O)Nc1cccc(C(=O)c2ccccc2)c1. The molecular weight excluding hydrogens is 423 g/mol. The Hall–Kier alpha value is -3.15. The summed E-state index contributed by atoms with van der Waals surface area (Å²) in [5, 5.41) is 5.67. The molecule has 0 aliphatic rings. The number of anilines is 1. The molecule has 0 bridgehead atoms. The second-order valence-corrected chi connectivity index (χ2v) is 7.35. The lowest BCUT2D eigenvalue weighted by Gasteiger charge is -2.15. The van der Waals surface area contributed by atoms with E-state index in [-0.39, 0.29) is 21.4 Å². The van der Waals surface area contributed by atoms with Gasteiger partial charge in [-0.15, -0.1) is 0 Å². The van der Waals surface area contributed by atoms with E-state index in [9.17, 15) is 14.4 Å². The van der Waals surface area contributed by atoms with Crippen LogP contribution in [0.3, 0.4) is 0 Å². The van der Waals surface area contributed by atoms with Gasteiger partial charge >= 0.3 is 0 Å². The van der Waals surface area contributed by atoms with Crippen LogP contribution < -0.4 is 10.6 Å². The summed E-state index contributed by atoms with van der Waals surface area (Å²) in [4.78, 5) is 37.5. The number of rotatable bonds is 6. The van der Waals surface area contributed by atoms with E-state index in [0.717, 1.165) is 0 Å². The lowest BCUT2D eigenvalue weighted by Crippen LogP contribution is -2.41. The van der Waals surface area contributed by atoms with Crippen LogP contribution in [0.1, 0.15) is 33.2 Å². The molecule has 0 saturated heterocycles. The summed E-state index contributed by atoms with van der Waals surface area (Å²) in [7, 11) is 0. The number of nitrogens with one attached hydrogen (secondary N) is 2. The highest BCUT2D eigenvalue weighted by molar-refractivity contribution is 6.43. The van der Waals surface area contributed by atoms with Crippen molar-refractivity contribution < 1.29 is 14.4 Å². The van der Waals surface area contributed by atoms with Gasteiger partial charge in [0.25, 0.3) is 5.91 Å². The predicted molar refractivity (Wildman–Crippen MR) is 118 cm³/mol. The molecule has 0 spiro atoms. The Labute approximate surface area is 184 Å². The van der Waals surface area contributed by atoms with Gasteiger partial charge in [0.15, 0.2) is 5.78 Å². The number of hydrogen-bond acceptors (Lipinski definition) is 3. The molecule has 0 aliphatic heterocycles. The van der Waals surface area contributed by atoms with E-state index in [1.165, 1.54) is 6.07 Å². The van der Waals surface area contributed by atoms with Gasteiger partial charge in [-0.1, -0.05) is 71.7 Å². The molecule has 0 saturated carbocycles. The Morgan fingerprint density at radius 1 is 0.833 bits per heavy atom. The maximum absolute atomic E-state index is 12.6. The van der Waals surface area contributed by atoms with Crippen LogP contribution in [0, 0.1) is 0 Å². The molecule has 0 heterocycles. The largest absolute Gasteiger partial charge is 0.340 e. The summed E-state index contributed by atoms with van der Waals surface area (Å²) in [6.07, 6.45) is 0. The minimum absolute atomic E-state index is 0.122. The summed E-state index contributed by atoms with van der Waals surface area (Å²) in [6.45, 7) is 1.55. The highest BCUT2D eigenvalue weighted by Gasteiger charge is 2.19. The fourth-order valence-corrected chi connectivity index (χ4v) is 3.15. The Morgan fingerprint density at radius 3 is 2.23 bits per heavy atom. The molecule has 5 nitrogen and oxygen atoms in total. The van der Waals surface area contributed by atoms with Crippen molar-refractivity contribution in [3.8, 4) is 0 Å². The van der Waals surface area contributed by atoms with Gasteiger partial charge in [-0.25, -0.2) is 0 Å². The second-order valence-electron chi connectivity index (χ2n) is 6.56. The van der Waals surface area contributed by atoms with Crippen molar-refractivity contribution in [2.24, 2.45) is 0 Å². The highest BCUT2D eigenvalue weighted by atomic mass is 35.5. The lowest BCUT2D eigenvalue weighted by molar-refractivity contribution is -0.117. The van der Waals surface area contributed by atoms with Crippen LogP contribution in [0.4, 0.5) is 5.69 Å². The van der Waals surface area contributed by atoms with E-state index in [0.29, 0.717) is 16.8 Å². The third kappa shape index (κ3) is 5.06. The summed E-state index contributed by atoms with van der Waals surface area (Å²) in [6, 6.07) is 19.3. The molecule has 2 amide bonds. The summed E-state index contributed by atoms with van der Waals surface area (Å²) < 4.78 is 0. The number of halogens is 2. The first kappa shape index (κ1) is 21.6. The lowest BCUT2D eigenvalue weighted by atomic mass is 10.0. The molecule has 1 atom stereocenters. The van der Waals surface area contributed by atoms with Crippen LogP contribution >= 0.6 is 23.2 Å². The first-order valence-corrected chi connectivity index (χ1v) is 9.88. The zero-order valence-electron chi connectivity index (χ0n) is 16.0. The minimum Gasteiger partial charge on any atom is -0.340 e. The third-order valence-corrected chi connectivity index (χ3v) is 5.18. The van der Waals surface area contributed by atoms with E-state index >= 15 is 0 Å². The smallest absolute Gasteiger partial charge is 0.253 e. The molecule has 152 valence electrons. The van der Waals surface area contributed by atoms with E-state index in [2.05, 4.69) is 10.6 Å². The fraction of sp³-hybridized carbons (Fsp3) is 0.0870. The second kappa shape index (κ2) is 9.57. The number of benzene rings is 3. The van der Waals surface area contributed by atoms with Gasteiger partial charge in [-0.3, -0.25) is 14.4 Å². The van der Waals surface area contributed by atoms with Crippen molar-refractivity contribution in [3.05, 3.63) is 99.5 Å². The molecule has 0 radical (unpaired) electrons. The topological polar surface area (TPSA) is 75.3 Å². The number of ketones is 1. The zero-order valence-corrected chi connectivity index (χ0v) is 17.5.